The fourth-order valence-corrected chi connectivity index (χ4v) is 6.69. The van der Waals surface area contributed by atoms with Gasteiger partial charge in [-0.05, 0) is 52.8 Å². The predicted octanol–water partition coefficient (Wildman–Crippen LogP) is 5.54. The molecule has 9 atom stereocenters. The highest BCUT2D eigenvalue weighted by Crippen LogP contribution is 2.42. The summed E-state index contributed by atoms with van der Waals surface area (Å²) in [4.78, 5) is 13.6. The van der Waals surface area contributed by atoms with E-state index in [0.29, 0.717) is 0 Å². The average molecular weight is 531 g/mol. The molecule has 0 aromatic heterocycles. The van der Waals surface area contributed by atoms with Crippen molar-refractivity contribution in [1.82, 2.24) is 0 Å². The molecule has 7 nitrogen and oxygen atoms in total. The van der Waals surface area contributed by atoms with E-state index in [1.807, 2.05) is 34.6 Å². The molecule has 1 N–H and O–H groups in total. The first-order valence-electron chi connectivity index (χ1n) is 13.7. The Balaban J connectivity index is 2.17. The molecule has 2 heterocycles. The molecule has 0 unspecified atom stereocenters. The van der Waals surface area contributed by atoms with Crippen molar-refractivity contribution in [1.29, 1.82) is 0 Å². The van der Waals surface area contributed by atoms with Crippen molar-refractivity contribution in [3.8, 4) is 0 Å². The first-order chi connectivity index (χ1) is 16.1. The van der Waals surface area contributed by atoms with Crippen molar-refractivity contribution in [2.75, 3.05) is 6.61 Å². The number of Topliss-reactive ketones (excluding diaryl/α,β-unsaturated/α-hetero) is 1. The first-order valence-corrected chi connectivity index (χ1v) is 16.6. The molecular formula is C28H54O7Si. The molecule has 0 spiro atoms. The number of hydrogen-bond donors (Lipinski definition) is 1. The first kappa shape index (κ1) is 31.9. The van der Waals surface area contributed by atoms with E-state index < -0.39 is 43.9 Å². The summed E-state index contributed by atoms with van der Waals surface area (Å²) >= 11 is 0. The van der Waals surface area contributed by atoms with E-state index in [1.165, 1.54) is 0 Å². The molecule has 0 bridgehead atoms. The lowest BCUT2D eigenvalue weighted by Crippen LogP contribution is -2.57. The Kier molecular flexibility index (Phi) is 9.76. The molecule has 0 saturated carbocycles. The van der Waals surface area contributed by atoms with Gasteiger partial charge in [0.2, 0.25) is 0 Å². The molecule has 2 saturated heterocycles. The van der Waals surface area contributed by atoms with Crippen LogP contribution in [0.4, 0.5) is 0 Å². The number of aliphatic hydroxyl groups excluding tert-OH is 1. The van der Waals surface area contributed by atoms with Crippen LogP contribution in [0.25, 0.3) is 0 Å². The van der Waals surface area contributed by atoms with Crippen molar-refractivity contribution in [3.05, 3.63) is 0 Å². The zero-order valence-electron chi connectivity index (χ0n) is 25.3. The second-order valence-electron chi connectivity index (χ2n) is 13.7. The lowest BCUT2D eigenvalue weighted by molar-refractivity contribution is -0.335. The van der Waals surface area contributed by atoms with Gasteiger partial charge in [-0.1, -0.05) is 48.5 Å². The van der Waals surface area contributed by atoms with Crippen molar-refractivity contribution in [2.24, 2.45) is 23.7 Å². The van der Waals surface area contributed by atoms with Gasteiger partial charge < -0.3 is 28.5 Å². The van der Waals surface area contributed by atoms with Gasteiger partial charge in [-0.15, -0.1) is 0 Å². The number of hydrogen-bond acceptors (Lipinski definition) is 7. The zero-order chi connectivity index (χ0) is 28.0. The molecule has 0 amide bonds. The van der Waals surface area contributed by atoms with Gasteiger partial charge in [-0.2, -0.15) is 0 Å². The third kappa shape index (κ3) is 7.19. The van der Waals surface area contributed by atoms with Crippen LogP contribution < -0.4 is 0 Å². The molecular weight excluding hydrogens is 476 g/mol. The normalized spacial score (nSPS) is 33.0. The molecule has 0 aliphatic carbocycles. The van der Waals surface area contributed by atoms with Gasteiger partial charge in [0, 0.05) is 29.8 Å². The van der Waals surface area contributed by atoms with E-state index in [1.54, 1.807) is 6.92 Å². The monoisotopic (exact) mass is 530 g/mol. The highest BCUT2D eigenvalue weighted by Gasteiger charge is 2.50. The maximum Gasteiger partial charge on any atom is 0.192 e. The smallest absolute Gasteiger partial charge is 0.192 e. The molecule has 212 valence electrons. The maximum atomic E-state index is 13.6. The van der Waals surface area contributed by atoms with Gasteiger partial charge in [0.25, 0.3) is 0 Å². The molecule has 0 aromatic rings. The van der Waals surface area contributed by atoms with E-state index in [4.69, 9.17) is 23.4 Å². The Morgan fingerprint density at radius 2 is 1.50 bits per heavy atom. The van der Waals surface area contributed by atoms with Crippen LogP contribution in [0.2, 0.25) is 18.1 Å². The third-order valence-electron chi connectivity index (χ3n) is 8.74. The summed E-state index contributed by atoms with van der Waals surface area (Å²) in [6.07, 6.45) is -1.96. The number of ketones is 1. The molecule has 2 rings (SSSR count). The van der Waals surface area contributed by atoms with E-state index in [9.17, 15) is 9.90 Å². The van der Waals surface area contributed by atoms with Gasteiger partial charge in [-0.25, -0.2) is 0 Å². The molecule has 2 aliphatic rings. The van der Waals surface area contributed by atoms with E-state index in [2.05, 4.69) is 54.6 Å². The summed E-state index contributed by atoms with van der Waals surface area (Å²) in [5.41, 5.74) is 0. The van der Waals surface area contributed by atoms with Crippen molar-refractivity contribution in [2.45, 2.75) is 143 Å². The van der Waals surface area contributed by atoms with Gasteiger partial charge in [0.05, 0.1) is 24.9 Å². The van der Waals surface area contributed by atoms with Crippen LogP contribution in [0, 0.1) is 23.7 Å². The zero-order valence-corrected chi connectivity index (χ0v) is 26.3. The minimum atomic E-state index is -1.95. The fraction of sp³-hybridized carbons (Fsp3) is 0.964. The SMILES string of the molecule is C[C@@H]1[C@H]([C@@H](C)[C@H](C)O[Si](C)(C)C(C)(C)C)OC(C)(C)O[C@@H]1[C@H](C)C(=O)[C@H](C)[C@H](O)[C@H]1COC(C)(C)O1. The number of ether oxygens (including phenoxy) is 4. The van der Waals surface area contributed by atoms with Crippen LogP contribution >= 0.6 is 0 Å². The Morgan fingerprint density at radius 3 is 1.97 bits per heavy atom. The largest absolute Gasteiger partial charge is 0.414 e. The van der Waals surface area contributed by atoms with E-state index in [0.717, 1.165) is 0 Å². The molecule has 2 fully saturated rings. The minimum absolute atomic E-state index is 0.00233. The van der Waals surface area contributed by atoms with Crippen LogP contribution in [0.3, 0.4) is 0 Å². The highest BCUT2D eigenvalue weighted by atomic mass is 28.4. The molecule has 0 radical (unpaired) electrons. The number of carbonyl (C=O) groups excluding carboxylic acids is 1. The number of carbonyl (C=O) groups is 1. The minimum Gasteiger partial charge on any atom is -0.414 e. The quantitative estimate of drug-likeness (QED) is 0.392. The standard InChI is InChI=1S/C28H54O7Si/c1-16(20(5)35-36(13,14)26(6,7)8)24-19(4)25(34-28(11,12)33-24)18(3)22(29)17(2)23(30)21-15-31-27(9,10)32-21/h16-21,23-25,30H,15H2,1-14H3/t16-,17-,18+,19+,20-,21+,23-,24-,25+/m0/s1. The second-order valence-corrected chi connectivity index (χ2v) is 18.5. The second kappa shape index (κ2) is 11.0. The Morgan fingerprint density at radius 1 is 0.972 bits per heavy atom. The maximum absolute atomic E-state index is 13.6. The number of aliphatic hydroxyl groups is 1. The lowest BCUT2D eigenvalue weighted by atomic mass is 9.77. The predicted molar refractivity (Wildman–Crippen MR) is 144 cm³/mol. The van der Waals surface area contributed by atoms with Crippen LogP contribution in [0.15, 0.2) is 0 Å². The summed E-state index contributed by atoms with van der Waals surface area (Å²) in [5, 5.41) is 11.0. The molecule has 36 heavy (non-hydrogen) atoms. The Hall–Kier alpha value is -0.353. The third-order valence-corrected chi connectivity index (χ3v) is 13.3. The lowest BCUT2D eigenvalue weighted by Gasteiger charge is -2.50. The van der Waals surface area contributed by atoms with Crippen molar-refractivity contribution >= 4 is 14.1 Å². The Bertz CT molecular complexity index is 759. The van der Waals surface area contributed by atoms with Gasteiger partial charge in [-0.3, -0.25) is 4.79 Å². The summed E-state index contributed by atoms with van der Waals surface area (Å²) in [7, 11) is -1.95. The molecule has 8 heteroatoms. The fourth-order valence-electron chi connectivity index (χ4n) is 5.19. The van der Waals surface area contributed by atoms with E-state index >= 15 is 0 Å². The molecule has 2 aliphatic heterocycles. The summed E-state index contributed by atoms with van der Waals surface area (Å²) in [6.45, 7) is 29.1. The highest BCUT2D eigenvalue weighted by molar-refractivity contribution is 6.74. The van der Waals surface area contributed by atoms with Gasteiger partial charge in [0.1, 0.15) is 11.9 Å². The van der Waals surface area contributed by atoms with Gasteiger partial charge >= 0.3 is 0 Å². The van der Waals surface area contributed by atoms with Crippen molar-refractivity contribution < 1.29 is 33.3 Å². The van der Waals surface area contributed by atoms with E-state index in [-0.39, 0.29) is 47.6 Å². The van der Waals surface area contributed by atoms with Crippen LogP contribution in [-0.4, -0.2) is 67.9 Å². The average Bonchev–Trinajstić information content (AvgIpc) is 3.10. The van der Waals surface area contributed by atoms with Crippen molar-refractivity contribution in [3.63, 3.8) is 0 Å². The summed E-state index contributed by atoms with van der Waals surface area (Å²) in [6, 6.07) is 0. The summed E-state index contributed by atoms with van der Waals surface area (Å²) in [5.74, 6) is -2.59. The van der Waals surface area contributed by atoms with Crippen LogP contribution in [-0.2, 0) is 28.2 Å². The topological polar surface area (TPSA) is 83.5 Å². The van der Waals surface area contributed by atoms with Crippen LogP contribution in [0.1, 0.15) is 83.1 Å². The Labute approximate surface area is 221 Å². The van der Waals surface area contributed by atoms with Gasteiger partial charge in [0.15, 0.2) is 19.9 Å². The summed E-state index contributed by atoms with van der Waals surface area (Å²) < 4.78 is 30.9. The number of rotatable bonds is 9. The van der Waals surface area contributed by atoms with Crippen LogP contribution in [0.5, 0.6) is 0 Å². The molecule has 0 aromatic carbocycles.